The molecule has 0 unspecified atom stereocenters. The summed E-state index contributed by atoms with van der Waals surface area (Å²) in [5.41, 5.74) is 0. The highest BCUT2D eigenvalue weighted by Gasteiger charge is 2.04. The number of hydrogen-bond donors (Lipinski definition) is 0. The van der Waals surface area contributed by atoms with Gasteiger partial charge in [0, 0.05) is 9.75 Å². The molecule has 0 atom stereocenters. The molecule has 0 spiro atoms. The van der Waals surface area contributed by atoms with E-state index in [0.29, 0.717) is 10.0 Å². The largest absolute Gasteiger partial charge is 0.241 e. The van der Waals surface area contributed by atoms with Gasteiger partial charge in [-0.25, -0.2) is 9.69 Å². The molecule has 2 aromatic heterocycles. The molecule has 0 saturated heterocycles. The summed E-state index contributed by atoms with van der Waals surface area (Å²) in [5.74, 6) is 0. The molecule has 0 amide bonds. The van der Waals surface area contributed by atoms with Crippen LogP contribution in [0.1, 0.15) is 0 Å². The molecule has 4 heteroatoms. The lowest BCUT2D eigenvalue weighted by atomic mass is 10.4. The molecule has 0 saturated carbocycles. The van der Waals surface area contributed by atoms with Crippen molar-refractivity contribution in [1.29, 1.82) is 0 Å². The average molecular weight is 216 g/mol. The lowest BCUT2D eigenvalue weighted by Gasteiger charge is -1.87. The zero-order valence-electron chi connectivity index (χ0n) is 7.02. The highest BCUT2D eigenvalue weighted by molar-refractivity contribution is 7.25. The number of nitrogens with zero attached hydrogens (tertiary/aromatic N) is 2. The molecular formula is C10H4N2S2. The van der Waals surface area contributed by atoms with Crippen molar-refractivity contribution in [2.75, 3.05) is 0 Å². The van der Waals surface area contributed by atoms with E-state index in [1.165, 1.54) is 22.7 Å². The van der Waals surface area contributed by atoms with Crippen molar-refractivity contribution in [2.24, 2.45) is 0 Å². The Kier molecular flexibility index (Phi) is 2.32. The van der Waals surface area contributed by atoms with Crippen molar-refractivity contribution in [3.05, 3.63) is 47.1 Å². The van der Waals surface area contributed by atoms with Gasteiger partial charge in [-0.2, -0.15) is 22.7 Å². The first-order valence-electron chi connectivity index (χ1n) is 3.78. The average Bonchev–Trinajstić information content (AvgIpc) is 2.86. The Morgan fingerprint density at radius 1 is 0.786 bits per heavy atom. The minimum atomic E-state index is 0.692. The Labute approximate surface area is 89.7 Å². The zero-order valence-corrected chi connectivity index (χ0v) is 8.65. The minimum absolute atomic E-state index is 0.692. The molecule has 0 aliphatic rings. The maximum Gasteiger partial charge on any atom is 0.241 e. The number of rotatable bonds is 1. The van der Waals surface area contributed by atoms with Gasteiger partial charge >= 0.3 is 0 Å². The van der Waals surface area contributed by atoms with Gasteiger partial charge in [0.15, 0.2) is 0 Å². The van der Waals surface area contributed by atoms with E-state index < -0.39 is 0 Å². The smallest absolute Gasteiger partial charge is 0.227 e. The molecule has 0 fully saturated rings. The summed E-state index contributed by atoms with van der Waals surface area (Å²) in [4.78, 5) is 8.84. The lowest BCUT2D eigenvalue weighted by molar-refractivity contribution is 1.92. The van der Waals surface area contributed by atoms with Crippen molar-refractivity contribution in [3.63, 3.8) is 0 Å². The monoisotopic (exact) mass is 216 g/mol. The topological polar surface area (TPSA) is 8.72 Å². The van der Waals surface area contributed by atoms with Gasteiger partial charge in [0.2, 0.25) is 10.0 Å². The third-order valence-electron chi connectivity index (χ3n) is 1.65. The third kappa shape index (κ3) is 1.54. The molecule has 0 aliphatic heterocycles. The van der Waals surface area contributed by atoms with Crippen LogP contribution in [-0.2, 0) is 0 Å². The van der Waals surface area contributed by atoms with Crippen molar-refractivity contribution < 1.29 is 0 Å². The van der Waals surface area contributed by atoms with Crippen molar-refractivity contribution >= 4 is 32.7 Å². The number of thiophene rings is 2. The van der Waals surface area contributed by atoms with Crippen LogP contribution in [0.15, 0.2) is 24.3 Å². The van der Waals surface area contributed by atoms with Crippen LogP contribution in [0.3, 0.4) is 0 Å². The van der Waals surface area contributed by atoms with Crippen LogP contribution in [0, 0.1) is 13.1 Å². The summed E-state index contributed by atoms with van der Waals surface area (Å²) in [5, 5.41) is 1.38. The summed E-state index contributed by atoms with van der Waals surface area (Å²) in [7, 11) is 0. The molecule has 2 aromatic rings. The highest BCUT2D eigenvalue weighted by Crippen LogP contribution is 2.39. The fraction of sp³-hybridized carbons (Fsp3) is 0. The molecule has 66 valence electrons. The first kappa shape index (κ1) is 8.96. The fourth-order valence-corrected chi connectivity index (χ4v) is 2.71. The second-order valence-electron chi connectivity index (χ2n) is 2.50. The zero-order chi connectivity index (χ0) is 9.97. The maximum absolute atomic E-state index is 6.85. The second kappa shape index (κ2) is 3.63. The van der Waals surface area contributed by atoms with E-state index in [1.807, 2.05) is 24.3 Å². The minimum Gasteiger partial charge on any atom is -0.227 e. The van der Waals surface area contributed by atoms with Gasteiger partial charge in [-0.1, -0.05) is 12.1 Å². The van der Waals surface area contributed by atoms with E-state index in [9.17, 15) is 0 Å². The fourth-order valence-electron chi connectivity index (χ4n) is 1.04. The van der Waals surface area contributed by atoms with Crippen molar-refractivity contribution in [3.8, 4) is 9.75 Å². The molecule has 0 N–H and O–H groups in total. The Morgan fingerprint density at radius 3 is 1.50 bits per heavy atom. The van der Waals surface area contributed by atoms with Crippen LogP contribution in [0.25, 0.3) is 19.4 Å². The number of hydrogen-bond acceptors (Lipinski definition) is 2. The molecular weight excluding hydrogens is 212 g/mol. The van der Waals surface area contributed by atoms with Crippen LogP contribution in [0.2, 0.25) is 0 Å². The summed E-state index contributed by atoms with van der Waals surface area (Å²) in [6.45, 7) is 13.7. The molecule has 2 heterocycles. The normalized spacial score (nSPS) is 9.29. The Bertz CT molecular complexity index is 487. The quantitative estimate of drug-likeness (QED) is 0.617. The van der Waals surface area contributed by atoms with Crippen LogP contribution in [0.4, 0.5) is 10.0 Å². The summed E-state index contributed by atoms with van der Waals surface area (Å²) < 4.78 is 0. The predicted molar refractivity (Wildman–Crippen MR) is 60.2 cm³/mol. The molecule has 0 bridgehead atoms. The Morgan fingerprint density at radius 2 is 1.21 bits per heavy atom. The van der Waals surface area contributed by atoms with Gasteiger partial charge in [-0.3, -0.25) is 0 Å². The Hall–Kier alpha value is -1.62. The Balaban J connectivity index is 2.41. The maximum atomic E-state index is 6.85. The molecule has 14 heavy (non-hydrogen) atoms. The van der Waals surface area contributed by atoms with E-state index in [0.717, 1.165) is 9.75 Å². The lowest BCUT2D eigenvalue weighted by Crippen LogP contribution is -1.55. The summed E-state index contributed by atoms with van der Waals surface area (Å²) in [6, 6.07) is 7.48. The molecule has 2 nitrogen and oxygen atoms in total. The van der Waals surface area contributed by atoms with Gasteiger partial charge in [0.25, 0.3) is 0 Å². The van der Waals surface area contributed by atoms with Crippen LogP contribution >= 0.6 is 22.7 Å². The summed E-state index contributed by atoms with van der Waals surface area (Å²) in [6.07, 6.45) is 0. The van der Waals surface area contributed by atoms with E-state index >= 15 is 0 Å². The third-order valence-corrected chi connectivity index (χ3v) is 3.80. The highest BCUT2D eigenvalue weighted by atomic mass is 32.1. The molecule has 2 rings (SSSR count). The van der Waals surface area contributed by atoms with Gasteiger partial charge < -0.3 is 0 Å². The van der Waals surface area contributed by atoms with Gasteiger partial charge in [0.1, 0.15) is 0 Å². The molecule has 0 aliphatic carbocycles. The second-order valence-corrected chi connectivity index (χ2v) is 4.62. The van der Waals surface area contributed by atoms with Crippen molar-refractivity contribution in [1.82, 2.24) is 0 Å². The van der Waals surface area contributed by atoms with Crippen molar-refractivity contribution in [2.45, 2.75) is 0 Å². The van der Waals surface area contributed by atoms with Crippen LogP contribution in [0.5, 0.6) is 0 Å². The van der Waals surface area contributed by atoms with E-state index in [4.69, 9.17) is 13.1 Å². The van der Waals surface area contributed by atoms with Crippen LogP contribution < -0.4 is 0 Å². The summed E-state index contributed by atoms with van der Waals surface area (Å²) >= 11 is 2.93. The SMILES string of the molecule is [C-]#[N+]c1ccc(-c2ccc([N+]#[C-])s2)s1. The standard InChI is InChI=1S/C10H4N2S2/c1-11-9-5-3-7(13-9)8-4-6-10(12-2)14-8/h3-6H. The van der Waals surface area contributed by atoms with Gasteiger partial charge in [-0.05, 0) is 12.1 Å². The first-order chi connectivity index (χ1) is 6.83. The van der Waals surface area contributed by atoms with E-state index in [2.05, 4.69) is 9.69 Å². The van der Waals surface area contributed by atoms with Gasteiger partial charge in [0.05, 0.1) is 13.1 Å². The van der Waals surface area contributed by atoms with Gasteiger partial charge in [-0.15, -0.1) is 0 Å². The first-order valence-corrected chi connectivity index (χ1v) is 5.42. The predicted octanol–water partition coefficient (Wildman–Crippen LogP) is 4.58. The van der Waals surface area contributed by atoms with Crippen LogP contribution in [-0.4, -0.2) is 0 Å². The van der Waals surface area contributed by atoms with E-state index in [-0.39, 0.29) is 0 Å². The molecule has 0 radical (unpaired) electrons. The molecule has 0 aromatic carbocycles. The van der Waals surface area contributed by atoms with E-state index in [1.54, 1.807) is 0 Å².